The van der Waals surface area contributed by atoms with Gasteiger partial charge in [0.2, 0.25) is 0 Å². The lowest BCUT2D eigenvalue weighted by molar-refractivity contribution is -0.143. The number of halogens is 1. The molecule has 6 nitrogen and oxygen atoms in total. The van der Waals surface area contributed by atoms with Crippen molar-refractivity contribution in [2.45, 2.75) is 13.5 Å². The molecule has 2 rings (SSSR count). The summed E-state index contributed by atoms with van der Waals surface area (Å²) in [4.78, 5) is 24.2. The van der Waals surface area contributed by atoms with Crippen molar-refractivity contribution >= 4 is 40.9 Å². The Labute approximate surface area is 142 Å². The van der Waals surface area contributed by atoms with E-state index in [2.05, 4.69) is 10.4 Å². The summed E-state index contributed by atoms with van der Waals surface area (Å²) >= 11 is 7.59. The van der Waals surface area contributed by atoms with E-state index in [1.165, 1.54) is 16.8 Å². The van der Waals surface area contributed by atoms with E-state index in [-0.39, 0.29) is 12.5 Å². The normalized spacial score (nSPS) is 10.9. The number of esters is 1. The zero-order valence-corrected chi connectivity index (χ0v) is 14.3. The molecule has 23 heavy (non-hydrogen) atoms. The van der Waals surface area contributed by atoms with Crippen LogP contribution in [-0.4, -0.2) is 28.3 Å². The molecular weight excluding hydrogens is 338 g/mol. The number of rotatable bonds is 6. The van der Waals surface area contributed by atoms with Gasteiger partial charge >= 0.3 is 5.97 Å². The van der Waals surface area contributed by atoms with Crippen LogP contribution in [0.4, 0.5) is 0 Å². The zero-order valence-electron chi connectivity index (χ0n) is 12.7. The molecule has 0 aliphatic carbocycles. The minimum atomic E-state index is -0.615. The Morgan fingerprint density at radius 1 is 1.52 bits per heavy atom. The molecule has 0 unspecified atom stereocenters. The topological polar surface area (TPSA) is 73.2 Å². The van der Waals surface area contributed by atoms with Crippen LogP contribution in [-0.2, 0) is 27.9 Å². The van der Waals surface area contributed by atoms with E-state index < -0.39 is 5.97 Å². The summed E-state index contributed by atoms with van der Waals surface area (Å²) in [5.41, 5.74) is 1.35. The fourth-order valence-corrected chi connectivity index (χ4v) is 2.70. The number of amides is 1. The van der Waals surface area contributed by atoms with Crippen LogP contribution < -0.4 is 5.32 Å². The van der Waals surface area contributed by atoms with Gasteiger partial charge in [0.25, 0.3) is 5.91 Å². The second-order valence-corrected chi connectivity index (χ2v) is 6.10. The summed E-state index contributed by atoms with van der Waals surface area (Å²) in [5, 5.41) is 9.16. The van der Waals surface area contributed by atoms with Gasteiger partial charge in [0, 0.05) is 23.6 Å². The smallest absolute Gasteiger partial charge is 0.331 e. The maximum Gasteiger partial charge on any atom is 0.331 e. The van der Waals surface area contributed by atoms with E-state index in [4.69, 9.17) is 16.3 Å². The molecule has 2 aromatic heterocycles. The van der Waals surface area contributed by atoms with Crippen molar-refractivity contribution in [3.8, 4) is 0 Å². The van der Waals surface area contributed by atoms with Crippen molar-refractivity contribution < 1.29 is 14.3 Å². The fraction of sp³-hybridized carbons (Fsp3) is 0.267. The molecule has 1 N–H and O–H groups in total. The van der Waals surface area contributed by atoms with Gasteiger partial charge in [0.05, 0.1) is 12.2 Å². The van der Waals surface area contributed by atoms with E-state index in [1.807, 2.05) is 17.5 Å². The average molecular weight is 354 g/mol. The highest BCUT2D eigenvalue weighted by atomic mass is 35.5. The number of aromatic nitrogens is 2. The first-order valence-corrected chi connectivity index (χ1v) is 8.06. The van der Waals surface area contributed by atoms with Gasteiger partial charge in [-0.3, -0.25) is 9.48 Å². The Kier molecular flexibility index (Phi) is 5.95. The van der Waals surface area contributed by atoms with E-state index >= 15 is 0 Å². The predicted molar refractivity (Wildman–Crippen MR) is 89.1 cm³/mol. The van der Waals surface area contributed by atoms with Crippen molar-refractivity contribution in [2.75, 3.05) is 6.61 Å². The number of nitrogens with one attached hydrogen (secondary N) is 1. The monoisotopic (exact) mass is 353 g/mol. The molecule has 122 valence electrons. The lowest BCUT2D eigenvalue weighted by atomic mass is 10.2. The molecule has 0 spiro atoms. The number of nitrogens with zero attached hydrogens (tertiary/aromatic N) is 2. The molecule has 0 aliphatic rings. The van der Waals surface area contributed by atoms with Gasteiger partial charge in [-0.2, -0.15) is 5.10 Å². The number of hydrogen-bond acceptors (Lipinski definition) is 5. The van der Waals surface area contributed by atoms with Gasteiger partial charge in [0.1, 0.15) is 5.15 Å². The fourth-order valence-electron chi connectivity index (χ4n) is 1.82. The molecular formula is C15H16ClN3O3S. The molecule has 0 bridgehead atoms. The Balaban J connectivity index is 1.78. The van der Waals surface area contributed by atoms with Crippen LogP contribution in [0.25, 0.3) is 6.08 Å². The molecule has 0 saturated carbocycles. The van der Waals surface area contributed by atoms with Crippen molar-refractivity contribution in [3.05, 3.63) is 44.9 Å². The standard InChI is InChI=1S/C15H16ClN3O3S/c1-10-12(15(16)19(2)18-10)5-6-14(21)22-9-13(20)17-8-11-4-3-7-23-11/h3-7H,8-9H2,1-2H3,(H,17,20)/b6-5+. The van der Waals surface area contributed by atoms with E-state index in [1.54, 1.807) is 25.3 Å². The third kappa shape index (κ3) is 4.94. The summed E-state index contributed by atoms with van der Waals surface area (Å²) in [6.45, 7) is 1.89. The molecule has 2 aromatic rings. The number of ether oxygens (including phenoxy) is 1. The molecule has 1 amide bonds. The summed E-state index contributed by atoms with van der Waals surface area (Å²) in [6, 6.07) is 3.82. The van der Waals surface area contributed by atoms with Crippen LogP contribution in [0.2, 0.25) is 5.15 Å². The Bertz CT molecular complexity index is 723. The summed E-state index contributed by atoms with van der Waals surface area (Å²) in [7, 11) is 1.71. The second-order valence-electron chi connectivity index (χ2n) is 4.71. The van der Waals surface area contributed by atoms with Crippen molar-refractivity contribution in [3.63, 3.8) is 0 Å². The van der Waals surface area contributed by atoms with Crippen molar-refractivity contribution in [1.82, 2.24) is 15.1 Å². The first-order chi connectivity index (χ1) is 11.0. The van der Waals surface area contributed by atoms with Gasteiger partial charge in [0.15, 0.2) is 6.61 Å². The van der Waals surface area contributed by atoms with Gasteiger partial charge in [-0.05, 0) is 24.4 Å². The average Bonchev–Trinajstić information content (AvgIpc) is 3.11. The first kappa shape index (κ1) is 17.2. The highest BCUT2D eigenvalue weighted by molar-refractivity contribution is 7.09. The van der Waals surface area contributed by atoms with Crippen LogP contribution in [0.1, 0.15) is 16.1 Å². The van der Waals surface area contributed by atoms with Crippen molar-refractivity contribution in [2.24, 2.45) is 7.05 Å². The number of thiophene rings is 1. The van der Waals surface area contributed by atoms with Gasteiger partial charge in [-0.1, -0.05) is 17.7 Å². The summed E-state index contributed by atoms with van der Waals surface area (Å²) < 4.78 is 6.39. The van der Waals surface area contributed by atoms with Gasteiger partial charge in [-0.25, -0.2) is 4.79 Å². The molecule has 0 atom stereocenters. The molecule has 8 heteroatoms. The minimum Gasteiger partial charge on any atom is -0.452 e. The quantitative estimate of drug-likeness (QED) is 0.639. The molecule has 0 radical (unpaired) electrons. The Morgan fingerprint density at radius 2 is 2.30 bits per heavy atom. The Hall–Kier alpha value is -2.12. The third-order valence-electron chi connectivity index (χ3n) is 2.97. The second kappa shape index (κ2) is 7.94. The number of carbonyl (C=O) groups is 2. The number of carbonyl (C=O) groups excluding carboxylic acids is 2. The van der Waals surface area contributed by atoms with E-state index in [0.29, 0.717) is 23.0 Å². The SMILES string of the molecule is Cc1nn(C)c(Cl)c1/C=C/C(=O)OCC(=O)NCc1cccs1. The lowest BCUT2D eigenvalue weighted by Crippen LogP contribution is -2.27. The number of hydrogen-bond donors (Lipinski definition) is 1. The van der Waals surface area contributed by atoms with E-state index in [9.17, 15) is 9.59 Å². The van der Waals surface area contributed by atoms with E-state index in [0.717, 1.165) is 4.88 Å². The molecule has 0 saturated heterocycles. The predicted octanol–water partition coefficient (Wildman–Crippen LogP) is 2.32. The molecule has 0 aromatic carbocycles. The maximum atomic E-state index is 11.6. The van der Waals surface area contributed by atoms with Gasteiger partial charge < -0.3 is 10.1 Å². The van der Waals surface area contributed by atoms with Crippen LogP contribution in [0.5, 0.6) is 0 Å². The molecule has 0 fully saturated rings. The lowest BCUT2D eigenvalue weighted by Gasteiger charge is -2.03. The van der Waals surface area contributed by atoms with Crippen molar-refractivity contribution in [1.29, 1.82) is 0 Å². The minimum absolute atomic E-state index is 0.325. The highest BCUT2D eigenvalue weighted by Gasteiger charge is 2.09. The van der Waals surface area contributed by atoms with Gasteiger partial charge in [-0.15, -0.1) is 11.3 Å². The van der Waals surface area contributed by atoms with Crippen LogP contribution in [0.15, 0.2) is 23.6 Å². The van der Waals surface area contributed by atoms with Crippen LogP contribution >= 0.6 is 22.9 Å². The third-order valence-corrected chi connectivity index (χ3v) is 4.29. The largest absolute Gasteiger partial charge is 0.452 e. The summed E-state index contributed by atoms with van der Waals surface area (Å²) in [5.74, 6) is -0.966. The van der Waals surface area contributed by atoms with Crippen LogP contribution in [0, 0.1) is 6.92 Å². The first-order valence-electron chi connectivity index (χ1n) is 6.80. The zero-order chi connectivity index (χ0) is 16.8. The maximum absolute atomic E-state index is 11.6. The number of aryl methyl sites for hydroxylation is 2. The van der Waals surface area contributed by atoms with Crippen LogP contribution in [0.3, 0.4) is 0 Å². The Morgan fingerprint density at radius 3 is 2.91 bits per heavy atom. The summed E-state index contributed by atoms with van der Waals surface area (Å²) in [6.07, 6.45) is 2.75. The highest BCUT2D eigenvalue weighted by Crippen LogP contribution is 2.19. The molecule has 0 aliphatic heterocycles. The molecule has 2 heterocycles.